The van der Waals surface area contributed by atoms with Gasteiger partial charge in [-0.1, -0.05) is 12.1 Å². The third kappa shape index (κ3) is 2.19. The molecule has 1 aromatic carbocycles. The number of hydrogen-bond acceptors (Lipinski definition) is 4. The summed E-state index contributed by atoms with van der Waals surface area (Å²) in [7, 11) is 1.42. The summed E-state index contributed by atoms with van der Waals surface area (Å²) in [6.07, 6.45) is 1.68. The zero-order chi connectivity index (χ0) is 9.68. The first kappa shape index (κ1) is 9.54. The maximum absolute atomic E-state index is 10.1. The lowest BCUT2D eigenvalue weighted by Gasteiger charge is -2.19. The number of benzene rings is 1. The van der Waals surface area contributed by atoms with Crippen LogP contribution in [0.4, 0.5) is 5.69 Å². The highest BCUT2D eigenvalue weighted by atomic mass is 16.7. The maximum atomic E-state index is 10.1. The SMILES string of the molecule is CON(C[C]=O)c1ccccc1O. The first-order chi connectivity index (χ1) is 6.29. The number of para-hydroxylation sites is 2. The molecule has 13 heavy (non-hydrogen) atoms. The summed E-state index contributed by atoms with van der Waals surface area (Å²) in [5.41, 5.74) is 0.452. The van der Waals surface area contributed by atoms with Crippen molar-refractivity contribution in [1.82, 2.24) is 0 Å². The molecular weight excluding hydrogens is 170 g/mol. The predicted molar refractivity (Wildman–Crippen MR) is 48.2 cm³/mol. The van der Waals surface area contributed by atoms with Crippen LogP contribution in [0.3, 0.4) is 0 Å². The molecule has 0 aliphatic carbocycles. The van der Waals surface area contributed by atoms with Crippen LogP contribution in [0.25, 0.3) is 0 Å². The number of phenols is 1. The number of phenolic OH excluding ortho intramolecular Hbond substituents is 1. The highest BCUT2D eigenvalue weighted by Crippen LogP contribution is 2.25. The number of anilines is 1. The Bertz CT molecular complexity index is 288. The molecule has 0 aliphatic rings. The number of hydrogen-bond donors (Lipinski definition) is 1. The second kappa shape index (κ2) is 4.47. The molecule has 1 rings (SSSR count). The predicted octanol–water partition coefficient (Wildman–Crippen LogP) is 0.870. The van der Waals surface area contributed by atoms with Gasteiger partial charge in [-0.15, -0.1) is 0 Å². The lowest BCUT2D eigenvalue weighted by Crippen LogP contribution is -2.23. The minimum absolute atomic E-state index is 0.0337. The molecule has 1 N–H and O–H groups in total. The van der Waals surface area contributed by atoms with Crippen molar-refractivity contribution in [3.05, 3.63) is 24.3 Å². The van der Waals surface area contributed by atoms with Crippen molar-refractivity contribution < 1.29 is 14.7 Å². The summed E-state index contributed by atoms with van der Waals surface area (Å²) >= 11 is 0. The van der Waals surface area contributed by atoms with Crippen molar-refractivity contribution in [3.8, 4) is 5.75 Å². The van der Waals surface area contributed by atoms with Crippen molar-refractivity contribution in [3.63, 3.8) is 0 Å². The van der Waals surface area contributed by atoms with Crippen molar-refractivity contribution in [2.45, 2.75) is 0 Å². The van der Waals surface area contributed by atoms with E-state index in [2.05, 4.69) is 0 Å². The van der Waals surface area contributed by atoms with Crippen molar-refractivity contribution in [1.29, 1.82) is 0 Å². The second-order valence-electron chi connectivity index (χ2n) is 2.35. The van der Waals surface area contributed by atoms with E-state index < -0.39 is 0 Å². The number of hydroxylamine groups is 1. The van der Waals surface area contributed by atoms with E-state index in [1.807, 2.05) is 0 Å². The van der Waals surface area contributed by atoms with E-state index in [1.165, 1.54) is 18.2 Å². The van der Waals surface area contributed by atoms with Crippen LogP contribution in [0.15, 0.2) is 24.3 Å². The molecule has 69 valence electrons. The Morgan fingerprint density at radius 2 is 2.23 bits per heavy atom. The normalized spacial score (nSPS) is 9.62. The Labute approximate surface area is 76.3 Å². The fourth-order valence-electron chi connectivity index (χ4n) is 0.982. The van der Waals surface area contributed by atoms with Crippen LogP contribution >= 0.6 is 0 Å². The van der Waals surface area contributed by atoms with Gasteiger partial charge in [0.1, 0.15) is 18.0 Å². The highest BCUT2D eigenvalue weighted by Gasteiger charge is 2.08. The average Bonchev–Trinajstić information content (AvgIpc) is 2.16. The van der Waals surface area contributed by atoms with Crippen LogP contribution in [0.5, 0.6) is 5.75 Å². The molecular formula is C9H10NO3. The van der Waals surface area contributed by atoms with Crippen molar-refractivity contribution >= 4 is 12.0 Å². The molecule has 0 fully saturated rings. The van der Waals surface area contributed by atoms with Crippen LogP contribution in [0, 0.1) is 0 Å². The van der Waals surface area contributed by atoms with Gasteiger partial charge in [-0.2, -0.15) is 0 Å². The zero-order valence-electron chi connectivity index (χ0n) is 7.23. The molecule has 1 aromatic rings. The largest absolute Gasteiger partial charge is 0.506 e. The van der Waals surface area contributed by atoms with Crippen LogP contribution in [-0.4, -0.2) is 25.0 Å². The van der Waals surface area contributed by atoms with E-state index in [-0.39, 0.29) is 12.3 Å². The van der Waals surface area contributed by atoms with Gasteiger partial charge in [0.25, 0.3) is 0 Å². The van der Waals surface area contributed by atoms with E-state index >= 15 is 0 Å². The summed E-state index contributed by atoms with van der Waals surface area (Å²) in [4.78, 5) is 15.0. The highest BCUT2D eigenvalue weighted by molar-refractivity contribution is 5.64. The van der Waals surface area contributed by atoms with Crippen LogP contribution < -0.4 is 5.06 Å². The van der Waals surface area contributed by atoms with E-state index in [0.29, 0.717) is 5.69 Å². The van der Waals surface area contributed by atoms with Crippen LogP contribution in [-0.2, 0) is 9.63 Å². The molecule has 0 atom stereocenters. The number of nitrogens with zero attached hydrogens (tertiary/aromatic N) is 1. The molecule has 4 nitrogen and oxygen atoms in total. The van der Waals surface area contributed by atoms with Gasteiger partial charge in [0.05, 0.1) is 7.11 Å². The Balaban J connectivity index is 2.90. The lowest BCUT2D eigenvalue weighted by atomic mass is 10.3. The average molecular weight is 180 g/mol. The Kier molecular flexibility index (Phi) is 3.28. The Hall–Kier alpha value is -1.55. The minimum atomic E-state index is -0.0337. The van der Waals surface area contributed by atoms with Crippen molar-refractivity contribution in [2.75, 3.05) is 18.7 Å². The monoisotopic (exact) mass is 180 g/mol. The minimum Gasteiger partial charge on any atom is -0.506 e. The molecule has 0 saturated carbocycles. The van der Waals surface area contributed by atoms with Gasteiger partial charge in [0.2, 0.25) is 6.29 Å². The summed E-state index contributed by atoms with van der Waals surface area (Å²) < 4.78 is 0. The van der Waals surface area contributed by atoms with Gasteiger partial charge in [-0.25, -0.2) is 5.06 Å². The summed E-state index contributed by atoms with van der Waals surface area (Å²) in [5, 5.41) is 10.6. The zero-order valence-corrected chi connectivity index (χ0v) is 7.23. The molecule has 4 heteroatoms. The van der Waals surface area contributed by atoms with Gasteiger partial charge >= 0.3 is 0 Å². The third-order valence-electron chi connectivity index (χ3n) is 1.58. The number of rotatable bonds is 4. The fourth-order valence-corrected chi connectivity index (χ4v) is 0.982. The molecule has 0 saturated heterocycles. The summed E-state index contributed by atoms with van der Waals surface area (Å²) in [5.74, 6) is 0.0691. The van der Waals surface area contributed by atoms with Gasteiger partial charge in [0, 0.05) is 0 Å². The summed E-state index contributed by atoms with van der Waals surface area (Å²) in [6, 6.07) is 6.60. The summed E-state index contributed by atoms with van der Waals surface area (Å²) in [6.45, 7) is -0.0337. The van der Waals surface area contributed by atoms with E-state index in [9.17, 15) is 9.90 Å². The first-order valence-electron chi connectivity index (χ1n) is 3.74. The first-order valence-corrected chi connectivity index (χ1v) is 3.74. The number of carbonyl (C=O) groups excluding carboxylic acids is 1. The Morgan fingerprint density at radius 3 is 2.77 bits per heavy atom. The molecule has 0 spiro atoms. The van der Waals surface area contributed by atoms with Crippen LogP contribution in [0.1, 0.15) is 0 Å². The van der Waals surface area contributed by atoms with Gasteiger partial charge in [-0.05, 0) is 12.1 Å². The molecule has 0 unspecified atom stereocenters. The molecule has 0 bridgehead atoms. The van der Waals surface area contributed by atoms with Crippen molar-refractivity contribution in [2.24, 2.45) is 0 Å². The lowest BCUT2D eigenvalue weighted by molar-refractivity contribution is 0.175. The molecule has 0 aromatic heterocycles. The molecule has 0 aliphatic heterocycles. The molecule has 0 amide bonds. The van der Waals surface area contributed by atoms with E-state index in [0.717, 1.165) is 0 Å². The second-order valence-corrected chi connectivity index (χ2v) is 2.35. The fraction of sp³-hybridized carbons (Fsp3) is 0.222. The molecule has 0 heterocycles. The van der Waals surface area contributed by atoms with Gasteiger partial charge in [-0.3, -0.25) is 9.63 Å². The number of aromatic hydroxyl groups is 1. The topological polar surface area (TPSA) is 49.8 Å². The maximum Gasteiger partial charge on any atom is 0.222 e. The van der Waals surface area contributed by atoms with E-state index in [1.54, 1.807) is 24.5 Å². The van der Waals surface area contributed by atoms with Crippen LogP contribution in [0.2, 0.25) is 0 Å². The third-order valence-corrected chi connectivity index (χ3v) is 1.58. The molecule has 1 radical (unpaired) electrons. The quantitative estimate of drug-likeness (QED) is 0.698. The van der Waals surface area contributed by atoms with Gasteiger partial charge < -0.3 is 5.11 Å². The smallest absolute Gasteiger partial charge is 0.222 e. The Morgan fingerprint density at radius 1 is 1.54 bits per heavy atom. The van der Waals surface area contributed by atoms with Gasteiger partial charge in [0.15, 0.2) is 0 Å². The van der Waals surface area contributed by atoms with E-state index in [4.69, 9.17) is 4.84 Å². The standard InChI is InChI=1S/C9H10NO3/c1-13-10(6-7-11)8-4-2-3-5-9(8)12/h2-5,12H,6H2,1H3.